The van der Waals surface area contributed by atoms with Crippen LogP contribution in [0.25, 0.3) is 16.9 Å². The zero-order chi connectivity index (χ0) is 14.8. The molecule has 4 heteroatoms. The molecule has 0 atom stereocenters. The van der Waals surface area contributed by atoms with Gasteiger partial charge in [-0.15, -0.1) is 0 Å². The summed E-state index contributed by atoms with van der Waals surface area (Å²) in [5, 5.41) is 0. The van der Waals surface area contributed by atoms with Crippen LogP contribution < -0.4 is 4.74 Å². The summed E-state index contributed by atoms with van der Waals surface area (Å²) in [6.45, 7) is 4.93. The van der Waals surface area contributed by atoms with Gasteiger partial charge in [0.15, 0.2) is 0 Å². The highest BCUT2D eigenvalue weighted by molar-refractivity contribution is 9.10. The van der Waals surface area contributed by atoms with E-state index >= 15 is 0 Å². The van der Waals surface area contributed by atoms with Crippen molar-refractivity contribution in [2.24, 2.45) is 0 Å². The van der Waals surface area contributed by atoms with Crippen LogP contribution in [0.4, 0.5) is 0 Å². The molecule has 0 aliphatic heterocycles. The van der Waals surface area contributed by atoms with E-state index in [0.717, 1.165) is 45.8 Å². The van der Waals surface area contributed by atoms with Crippen molar-refractivity contribution in [3.8, 4) is 17.0 Å². The van der Waals surface area contributed by atoms with E-state index in [1.165, 1.54) is 0 Å². The van der Waals surface area contributed by atoms with Crippen molar-refractivity contribution < 1.29 is 4.74 Å². The van der Waals surface area contributed by atoms with Crippen molar-refractivity contribution in [2.45, 2.75) is 20.3 Å². The third-order valence-corrected chi connectivity index (χ3v) is 4.28. The van der Waals surface area contributed by atoms with Crippen molar-refractivity contribution in [3.63, 3.8) is 0 Å². The monoisotopic (exact) mass is 344 g/mol. The van der Waals surface area contributed by atoms with Crippen LogP contribution in [-0.2, 0) is 0 Å². The van der Waals surface area contributed by atoms with Gasteiger partial charge in [-0.05, 0) is 65.7 Å². The maximum absolute atomic E-state index is 5.61. The van der Waals surface area contributed by atoms with Gasteiger partial charge in [-0.2, -0.15) is 0 Å². The van der Waals surface area contributed by atoms with E-state index in [9.17, 15) is 0 Å². The van der Waals surface area contributed by atoms with Gasteiger partial charge in [0.25, 0.3) is 0 Å². The van der Waals surface area contributed by atoms with Crippen LogP contribution in [-0.4, -0.2) is 16.0 Å². The van der Waals surface area contributed by atoms with E-state index in [1.807, 2.05) is 24.3 Å². The molecule has 0 amide bonds. The second-order valence-electron chi connectivity index (χ2n) is 4.99. The van der Waals surface area contributed by atoms with Crippen molar-refractivity contribution in [1.29, 1.82) is 0 Å². The Morgan fingerprint density at radius 3 is 2.62 bits per heavy atom. The average molecular weight is 345 g/mol. The fourth-order valence-electron chi connectivity index (χ4n) is 2.25. The van der Waals surface area contributed by atoms with Crippen molar-refractivity contribution in [2.75, 3.05) is 6.61 Å². The molecule has 3 nitrogen and oxygen atoms in total. The maximum Gasteiger partial charge on any atom is 0.137 e. The highest BCUT2D eigenvalue weighted by Gasteiger charge is 2.07. The molecule has 2 heterocycles. The minimum Gasteiger partial charge on any atom is -0.494 e. The number of rotatable bonds is 4. The molecular weight excluding hydrogens is 328 g/mol. The summed E-state index contributed by atoms with van der Waals surface area (Å²) >= 11 is 3.55. The van der Waals surface area contributed by atoms with Crippen molar-refractivity contribution >= 4 is 21.6 Å². The van der Waals surface area contributed by atoms with Crippen LogP contribution in [0.5, 0.6) is 5.75 Å². The molecule has 0 saturated carbocycles. The number of aryl methyl sites for hydroxylation is 1. The lowest BCUT2D eigenvalue weighted by Crippen LogP contribution is -1.94. The van der Waals surface area contributed by atoms with E-state index in [-0.39, 0.29) is 0 Å². The Bertz CT molecular complexity index is 762. The van der Waals surface area contributed by atoms with Gasteiger partial charge in [0.2, 0.25) is 0 Å². The lowest BCUT2D eigenvalue weighted by Gasteiger charge is -2.04. The molecule has 0 bridgehead atoms. The lowest BCUT2D eigenvalue weighted by molar-refractivity contribution is 0.317. The SMILES string of the molecule is CCCOc1ccc(-c2cn3c(C)c(Br)ccc3n2)cc1. The molecular formula is C17H17BrN2O. The fraction of sp³-hybridized carbons (Fsp3) is 0.235. The van der Waals surface area contributed by atoms with E-state index < -0.39 is 0 Å². The number of aromatic nitrogens is 2. The molecule has 0 aliphatic carbocycles. The first-order valence-corrected chi connectivity index (χ1v) is 7.86. The van der Waals surface area contributed by atoms with Gasteiger partial charge in [-0.1, -0.05) is 6.92 Å². The lowest BCUT2D eigenvalue weighted by atomic mass is 10.2. The summed E-state index contributed by atoms with van der Waals surface area (Å²) in [7, 11) is 0. The predicted molar refractivity (Wildman–Crippen MR) is 88.9 cm³/mol. The minimum atomic E-state index is 0.751. The van der Waals surface area contributed by atoms with Crippen molar-refractivity contribution in [1.82, 2.24) is 9.38 Å². The van der Waals surface area contributed by atoms with Gasteiger partial charge in [0.05, 0.1) is 12.3 Å². The van der Waals surface area contributed by atoms with E-state index in [4.69, 9.17) is 4.74 Å². The van der Waals surface area contributed by atoms with E-state index in [1.54, 1.807) is 0 Å². The molecule has 0 saturated heterocycles. The first-order valence-electron chi connectivity index (χ1n) is 7.06. The Hall–Kier alpha value is -1.81. The van der Waals surface area contributed by atoms with Gasteiger partial charge >= 0.3 is 0 Å². The summed E-state index contributed by atoms with van der Waals surface area (Å²) in [4.78, 5) is 4.68. The molecule has 108 valence electrons. The van der Waals surface area contributed by atoms with Gasteiger partial charge in [0.1, 0.15) is 11.4 Å². The number of imidazole rings is 1. The number of ether oxygens (including phenoxy) is 1. The topological polar surface area (TPSA) is 26.5 Å². The number of nitrogens with zero attached hydrogens (tertiary/aromatic N) is 2. The second kappa shape index (κ2) is 5.90. The molecule has 21 heavy (non-hydrogen) atoms. The van der Waals surface area contributed by atoms with Crippen LogP contribution in [0.2, 0.25) is 0 Å². The fourth-order valence-corrected chi connectivity index (χ4v) is 2.57. The van der Waals surface area contributed by atoms with E-state index in [2.05, 4.69) is 57.5 Å². The van der Waals surface area contributed by atoms with Gasteiger partial charge in [-0.3, -0.25) is 0 Å². The Morgan fingerprint density at radius 2 is 1.90 bits per heavy atom. The van der Waals surface area contributed by atoms with Crippen LogP contribution in [0.15, 0.2) is 47.1 Å². The van der Waals surface area contributed by atoms with Crippen LogP contribution >= 0.6 is 15.9 Å². The molecule has 2 aromatic heterocycles. The first-order chi connectivity index (χ1) is 10.2. The molecule has 0 aliphatic rings. The second-order valence-corrected chi connectivity index (χ2v) is 5.85. The van der Waals surface area contributed by atoms with Crippen LogP contribution in [0.3, 0.4) is 0 Å². The maximum atomic E-state index is 5.61. The third kappa shape index (κ3) is 2.81. The minimum absolute atomic E-state index is 0.751. The van der Waals surface area contributed by atoms with Crippen molar-refractivity contribution in [3.05, 3.63) is 52.8 Å². The Morgan fingerprint density at radius 1 is 1.14 bits per heavy atom. The number of pyridine rings is 1. The average Bonchev–Trinajstić information content (AvgIpc) is 2.94. The van der Waals surface area contributed by atoms with Gasteiger partial charge in [-0.25, -0.2) is 4.98 Å². The molecule has 0 unspecified atom stereocenters. The van der Waals surface area contributed by atoms with E-state index in [0.29, 0.717) is 0 Å². The summed E-state index contributed by atoms with van der Waals surface area (Å²) in [6, 6.07) is 12.1. The largest absolute Gasteiger partial charge is 0.494 e. The molecule has 3 rings (SSSR count). The zero-order valence-corrected chi connectivity index (χ0v) is 13.7. The normalized spacial score (nSPS) is 11.0. The molecule has 0 fully saturated rings. The highest BCUT2D eigenvalue weighted by Crippen LogP contribution is 2.25. The number of benzene rings is 1. The number of fused-ring (bicyclic) bond motifs is 1. The summed E-state index contributed by atoms with van der Waals surface area (Å²) < 4.78 is 8.79. The molecule has 0 radical (unpaired) electrons. The Labute approximate surface area is 132 Å². The Kier molecular flexibility index (Phi) is 3.97. The molecule has 0 N–H and O–H groups in total. The van der Waals surface area contributed by atoms with Gasteiger partial charge < -0.3 is 9.14 Å². The van der Waals surface area contributed by atoms with Crippen LogP contribution in [0, 0.1) is 6.92 Å². The number of halogens is 1. The number of hydrogen-bond donors (Lipinski definition) is 0. The predicted octanol–water partition coefficient (Wildman–Crippen LogP) is 4.86. The molecule has 0 spiro atoms. The zero-order valence-electron chi connectivity index (χ0n) is 12.1. The molecule has 1 aromatic carbocycles. The standard InChI is InChI=1S/C17H17BrN2O/c1-3-10-21-14-6-4-13(5-7-14)16-11-20-12(2)15(18)8-9-17(20)19-16/h4-9,11H,3,10H2,1-2H3. The summed E-state index contributed by atoms with van der Waals surface area (Å²) in [5.41, 5.74) is 4.17. The third-order valence-electron chi connectivity index (χ3n) is 3.44. The molecule has 3 aromatic rings. The summed E-state index contributed by atoms with van der Waals surface area (Å²) in [6.07, 6.45) is 3.08. The quantitative estimate of drug-likeness (QED) is 0.675. The van der Waals surface area contributed by atoms with Crippen LogP contribution in [0.1, 0.15) is 19.0 Å². The number of hydrogen-bond acceptors (Lipinski definition) is 2. The smallest absolute Gasteiger partial charge is 0.137 e. The van der Waals surface area contributed by atoms with Gasteiger partial charge in [0, 0.05) is 21.9 Å². The Balaban J connectivity index is 1.95. The first kappa shape index (κ1) is 14.1. The summed E-state index contributed by atoms with van der Waals surface area (Å²) in [5.74, 6) is 0.906. The highest BCUT2D eigenvalue weighted by atomic mass is 79.9.